The standard InChI is InChI=1S/C25H21ClN2O3S/c1-30-21-11-3-17(4-12-21)23-15-28(20-9-7-19(26)8-10-20)25(27-23)32-16-24(29)18-5-13-22(31-2)14-6-18/h3-15H,16H2,1-2H3. The zero-order chi connectivity index (χ0) is 22.5. The minimum atomic E-state index is 0.0225. The summed E-state index contributed by atoms with van der Waals surface area (Å²) in [4.78, 5) is 17.5. The summed E-state index contributed by atoms with van der Waals surface area (Å²) in [5.74, 6) is 1.79. The number of aromatic nitrogens is 2. The number of benzene rings is 3. The molecule has 0 N–H and O–H groups in total. The van der Waals surface area contributed by atoms with Crippen molar-refractivity contribution in [3.05, 3.63) is 89.6 Å². The highest BCUT2D eigenvalue weighted by atomic mass is 35.5. The van der Waals surface area contributed by atoms with Crippen molar-refractivity contribution in [2.45, 2.75) is 5.16 Å². The second-order valence-electron chi connectivity index (χ2n) is 6.92. The molecule has 0 amide bonds. The summed E-state index contributed by atoms with van der Waals surface area (Å²) in [5.41, 5.74) is 3.32. The second-order valence-corrected chi connectivity index (χ2v) is 8.30. The average molecular weight is 465 g/mol. The summed E-state index contributed by atoms with van der Waals surface area (Å²) >= 11 is 7.46. The first-order valence-corrected chi connectivity index (χ1v) is 11.2. The van der Waals surface area contributed by atoms with Crippen molar-refractivity contribution in [3.63, 3.8) is 0 Å². The lowest BCUT2D eigenvalue weighted by atomic mass is 10.1. The number of carbonyl (C=O) groups excluding carboxylic acids is 1. The maximum Gasteiger partial charge on any atom is 0.173 e. The smallest absolute Gasteiger partial charge is 0.173 e. The largest absolute Gasteiger partial charge is 0.497 e. The van der Waals surface area contributed by atoms with Crippen LogP contribution < -0.4 is 9.47 Å². The Balaban J connectivity index is 1.61. The van der Waals surface area contributed by atoms with Gasteiger partial charge in [0, 0.05) is 28.0 Å². The Kier molecular flexibility index (Phi) is 6.83. The molecule has 0 bridgehead atoms. The predicted octanol–water partition coefficient (Wildman–Crippen LogP) is 6.18. The van der Waals surface area contributed by atoms with Gasteiger partial charge in [-0.1, -0.05) is 23.4 Å². The van der Waals surface area contributed by atoms with E-state index in [4.69, 9.17) is 26.1 Å². The maximum atomic E-state index is 12.7. The van der Waals surface area contributed by atoms with Crippen LogP contribution in [0.2, 0.25) is 5.02 Å². The maximum absolute atomic E-state index is 12.7. The molecule has 162 valence electrons. The van der Waals surface area contributed by atoms with Gasteiger partial charge in [0.15, 0.2) is 10.9 Å². The molecule has 0 aliphatic carbocycles. The number of hydrogen-bond acceptors (Lipinski definition) is 5. The lowest BCUT2D eigenvalue weighted by Crippen LogP contribution is -2.04. The first-order valence-electron chi connectivity index (χ1n) is 9.87. The summed E-state index contributed by atoms with van der Waals surface area (Å²) in [5, 5.41) is 1.38. The SMILES string of the molecule is COc1ccc(C(=O)CSc2nc(-c3ccc(OC)cc3)cn2-c2ccc(Cl)cc2)cc1. The van der Waals surface area contributed by atoms with Crippen LogP contribution in [-0.4, -0.2) is 35.3 Å². The van der Waals surface area contributed by atoms with E-state index >= 15 is 0 Å². The monoisotopic (exact) mass is 464 g/mol. The number of imidazole rings is 1. The molecule has 7 heteroatoms. The van der Waals surface area contributed by atoms with E-state index in [-0.39, 0.29) is 11.5 Å². The Labute approximate surface area is 196 Å². The Morgan fingerprint density at radius 2 is 1.50 bits per heavy atom. The van der Waals surface area contributed by atoms with E-state index in [1.165, 1.54) is 11.8 Å². The molecule has 0 aliphatic heterocycles. The van der Waals surface area contributed by atoms with Gasteiger partial charge in [-0.2, -0.15) is 0 Å². The first kappa shape index (κ1) is 22.0. The average Bonchev–Trinajstić information content (AvgIpc) is 3.27. The molecule has 0 spiro atoms. The molecule has 1 heterocycles. The second kappa shape index (κ2) is 9.94. The van der Waals surface area contributed by atoms with Gasteiger partial charge < -0.3 is 9.47 Å². The fourth-order valence-electron chi connectivity index (χ4n) is 3.14. The van der Waals surface area contributed by atoms with Crippen LogP contribution in [0.5, 0.6) is 11.5 Å². The summed E-state index contributed by atoms with van der Waals surface area (Å²) in [6.07, 6.45) is 1.96. The van der Waals surface area contributed by atoms with E-state index in [2.05, 4.69) is 0 Å². The van der Waals surface area contributed by atoms with Crippen LogP contribution in [0.25, 0.3) is 16.9 Å². The molecule has 0 unspecified atom stereocenters. The van der Waals surface area contributed by atoms with E-state index < -0.39 is 0 Å². The van der Waals surface area contributed by atoms with Crippen molar-refractivity contribution in [2.24, 2.45) is 0 Å². The fraction of sp³-hybridized carbons (Fsp3) is 0.120. The van der Waals surface area contributed by atoms with E-state index in [1.54, 1.807) is 38.5 Å². The van der Waals surface area contributed by atoms with Gasteiger partial charge in [0.25, 0.3) is 0 Å². The van der Waals surface area contributed by atoms with Crippen LogP contribution in [0.3, 0.4) is 0 Å². The third-order valence-corrected chi connectivity index (χ3v) is 6.11. The van der Waals surface area contributed by atoms with Gasteiger partial charge in [0.2, 0.25) is 0 Å². The predicted molar refractivity (Wildman–Crippen MR) is 129 cm³/mol. The summed E-state index contributed by atoms with van der Waals surface area (Å²) < 4.78 is 12.4. The van der Waals surface area contributed by atoms with E-state index in [9.17, 15) is 4.79 Å². The molecule has 0 radical (unpaired) electrons. The highest BCUT2D eigenvalue weighted by Gasteiger charge is 2.15. The molecular formula is C25H21ClN2O3S. The van der Waals surface area contributed by atoms with Crippen molar-refractivity contribution in [3.8, 4) is 28.4 Å². The van der Waals surface area contributed by atoms with Crippen molar-refractivity contribution >= 4 is 29.1 Å². The number of methoxy groups -OCH3 is 2. The van der Waals surface area contributed by atoms with E-state index in [0.717, 1.165) is 33.6 Å². The number of hydrogen-bond donors (Lipinski definition) is 0. The van der Waals surface area contributed by atoms with Gasteiger partial charge in [0.05, 0.1) is 25.7 Å². The van der Waals surface area contributed by atoms with Gasteiger partial charge in [-0.3, -0.25) is 9.36 Å². The number of carbonyl (C=O) groups is 1. The highest BCUT2D eigenvalue weighted by molar-refractivity contribution is 7.99. The van der Waals surface area contributed by atoms with Gasteiger partial charge in [-0.05, 0) is 72.8 Å². The molecule has 32 heavy (non-hydrogen) atoms. The number of ketones is 1. The minimum absolute atomic E-state index is 0.0225. The molecule has 0 fully saturated rings. The lowest BCUT2D eigenvalue weighted by molar-refractivity contribution is 0.102. The zero-order valence-corrected chi connectivity index (χ0v) is 19.2. The third kappa shape index (κ3) is 4.98. The number of thioether (sulfide) groups is 1. The van der Waals surface area contributed by atoms with Crippen molar-refractivity contribution in [2.75, 3.05) is 20.0 Å². The summed E-state index contributed by atoms with van der Waals surface area (Å²) in [6.45, 7) is 0. The number of Topliss-reactive ketones (excluding diaryl/α,β-unsaturated/α-hetero) is 1. The minimum Gasteiger partial charge on any atom is -0.497 e. The van der Waals surface area contributed by atoms with Gasteiger partial charge >= 0.3 is 0 Å². The third-order valence-electron chi connectivity index (χ3n) is 4.91. The van der Waals surface area contributed by atoms with Crippen LogP contribution in [0.1, 0.15) is 10.4 Å². The van der Waals surface area contributed by atoms with Crippen LogP contribution in [0, 0.1) is 0 Å². The molecule has 0 aliphatic rings. The molecule has 3 aromatic carbocycles. The molecule has 5 nitrogen and oxygen atoms in total. The molecular weight excluding hydrogens is 444 g/mol. The number of nitrogens with zero attached hydrogens (tertiary/aromatic N) is 2. The molecule has 4 rings (SSSR count). The number of ether oxygens (including phenoxy) is 2. The molecule has 1 aromatic heterocycles. The number of halogens is 1. The normalized spacial score (nSPS) is 10.7. The Bertz CT molecular complexity index is 1200. The molecule has 4 aromatic rings. The Hall–Kier alpha value is -3.22. The van der Waals surface area contributed by atoms with Crippen molar-refractivity contribution in [1.29, 1.82) is 0 Å². The Morgan fingerprint density at radius 1 is 0.906 bits per heavy atom. The Morgan fingerprint density at radius 3 is 2.09 bits per heavy atom. The van der Waals surface area contributed by atoms with Gasteiger partial charge in [-0.25, -0.2) is 4.98 Å². The highest BCUT2D eigenvalue weighted by Crippen LogP contribution is 2.29. The van der Waals surface area contributed by atoms with Crippen molar-refractivity contribution in [1.82, 2.24) is 9.55 Å². The lowest BCUT2D eigenvalue weighted by Gasteiger charge is -2.07. The van der Waals surface area contributed by atoms with Crippen LogP contribution >= 0.6 is 23.4 Å². The summed E-state index contributed by atoms with van der Waals surface area (Å²) in [6, 6.07) is 22.4. The van der Waals surface area contributed by atoms with Gasteiger partial charge in [0.1, 0.15) is 11.5 Å². The van der Waals surface area contributed by atoms with Crippen LogP contribution in [-0.2, 0) is 0 Å². The zero-order valence-electron chi connectivity index (χ0n) is 17.6. The van der Waals surface area contributed by atoms with Crippen molar-refractivity contribution < 1.29 is 14.3 Å². The molecule has 0 saturated heterocycles. The molecule has 0 atom stereocenters. The first-order chi connectivity index (χ1) is 15.6. The van der Waals surface area contributed by atoms with E-state index in [1.807, 2.05) is 59.3 Å². The van der Waals surface area contributed by atoms with Crippen LogP contribution in [0.4, 0.5) is 0 Å². The topological polar surface area (TPSA) is 53.4 Å². The van der Waals surface area contributed by atoms with E-state index in [0.29, 0.717) is 10.6 Å². The van der Waals surface area contributed by atoms with Crippen LogP contribution in [0.15, 0.2) is 84.1 Å². The van der Waals surface area contributed by atoms with Gasteiger partial charge in [-0.15, -0.1) is 0 Å². The number of rotatable bonds is 8. The quantitative estimate of drug-likeness (QED) is 0.230. The fourth-order valence-corrected chi connectivity index (χ4v) is 4.16. The summed E-state index contributed by atoms with van der Waals surface area (Å²) in [7, 11) is 3.24. The molecule has 0 saturated carbocycles.